The molecule has 1 aromatic heterocycles. The van der Waals surface area contributed by atoms with Crippen molar-refractivity contribution in [2.75, 3.05) is 11.8 Å². The normalized spacial score (nSPS) is 11.2. The van der Waals surface area contributed by atoms with Crippen LogP contribution < -0.4 is 9.46 Å². The van der Waals surface area contributed by atoms with Crippen molar-refractivity contribution in [3.05, 3.63) is 41.2 Å². The fourth-order valence-corrected chi connectivity index (χ4v) is 3.25. The highest BCUT2D eigenvalue weighted by Crippen LogP contribution is 2.22. The third-order valence-corrected chi connectivity index (χ3v) is 4.67. The minimum atomic E-state index is -3.67. The van der Waals surface area contributed by atoms with Gasteiger partial charge in [-0.2, -0.15) is 0 Å². The molecule has 0 saturated carbocycles. The molecule has 0 fully saturated rings. The topological polar surface area (TPSA) is 81.2 Å². The lowest BCUT2D eigenvalue weighted by Gasteiger charge is -2.12. The average Bonchev–Trinajstić information content (AvgIpc) is 2.43. The second-order valence-corrected chi connectivity index (χ2v) is 6.42. The Bertz CT molecular complexity index is 756. The molecule has 0 atom stereocenters. The largest absolute Gasteiger partial charge is 0.467 e. The van der Waals surface area contributed by atoms with Crippen LogP contribution in [-0.4, -0.2) is 25.5 Å². The van der Waals surface area contributed by atoms with Crippen molar-refractivity contribution >= 4 is 15.7 Å². The molecule has 6 nitrogen and oxygen atoms in total. The number of hydrogen-bond donors (Lipinski definition) is 1. The van der Waals surface area contributed by atoms with Crippen LogP contribution in [0.1, 0.15) is 16.7 Å². The molecule has 21 heavy (non-hydrogen) atoms. The van der Waals surface area contributed by atoms with Crippen molar-refractivity contribution in [3.63, 3.8) is 0 Å². The fraction of sp³-hybridized carbons (Fsp3) is 0.286. The number of sulfonamides is 1. The summed E-state index contributed by atoms with van der Waals surface area (Å²) in [7, 11) is -2.23. The van der Waals surface area contributed by atoms with Crippen LogP contribution in [0.25, 0.3) is 0 Å². The van der Waals surface area contributed by atoms with E-state index >= 15 is 0 Å². The Balaban J connectivity index is 2.35. The van der Waals surface area contributed by atoms with Crippen molar-refractivity contribution in [2.45, 2.75) is 25.7 Å². The zero-order valence-corrected chi connectivity index (χ0v) is 13.2. The van der Waals surface area contributed by atoms with E-state index in [1.54, 1.807) is 13.0 Å². The number of rotatable bonds is 4. The molecule has 0 aliphatic heterocycles. The van der Waals surface area contributed by atoms with E-state index in [4.69, 9.17) is 4.74 Å². The number of ether oxygens (including phenoxy) is 1. The van der Waals surface area contributed by atoms with E-state index in [-0.39, 0.29) is 16.6 Å². The quantitative estimate of drug-likeness (QED) is 0.936. The zero-order valence-electron chi connectivity index (χ0n) is 12.3. The van der Waals surface area contributed by atoms with E-state index in [9.17, 15) is 8.42 Å². The monoisotopic (exact) mass is 307 g/mol. The second-order valence-electron chi connectivity index (χ2n) is 4.77. The molecule has 1 aromatic carbocycles. The van der Waals surface area contributed by atoms with Gasteiger partial charge in [0.1, 0.15) is 0 Å². The molecule has 7 heteroatoms. The van der Waals surface area contributed by atoms with E-state index in [1.807, 2.05) is 19.9 Å². The van der Waals surface area contributed by atoms with Crippen LogP contribution in [0, 0.1) is 20.8 Å². The Kier molecular flexibility index (Phi) is 4.13. The molecule has 112 valence electrons. The van der Waals surface area contributed by atoms with Crippen LogP contribution >= 0.6 is 0 Å². The molecule has 1 N–H and O–H groups in total. The van der Waals surface area contributed by atoms with E-state index in [2.05, 4.69) is 14.7 Å². The number of nitrogens with zero attached hydrogens (tertiary/aromatic N) is 2. The van der Waals surface area contributed by atoms with Crippen molar-refractivity contribution in [1.82, 2.24) is 9.97 Å². The lowest BCUT2D eigenvalue weighted by Crippen LogP contribution is -2.15. The van der Waals surface area contributed by atoms with Gasteiger partial charge in [0.25, 0.3) is 10.0 Å². The van der Waals surface area contributed by atoms with E-state index in [1.165, 1.54) is 19.5 Å². The van der Waals surface area contributed by atoms with Crippen molar-refractivity contribution in [1.29, 1.82) is 0 Å². The van der Waals surface area contributed by atoms with Gasteiger partial charge in [-0.05, 0) is 43.5 Å². The highest BCUT2D eigenvalue weighted by Gasteiger charge is 2.18. The summed E-state index contributed by atoms with van der Waals surface area (Å²) >= 11 is 0. The second kappa shape index (κ2) is 5.69. The predicted octanol–water partition coefficient (Wildman–Crippen LogP) is 2.21. The summed E-state index contributed by atoms with van der Waals surface area (Å²) in [6, 6.07) is 3.70. The minimum absolute atomic E-state index is 0.181. The Labute approximate surface area is 124 Å². The van der Waals surface area contributed by atoms with Gasteiger partial charge < -0.3 is 4.74 Å². The highest BCUT2D eigenvalue weighted by atomic mass is 32.2. The maximum absolute atomic E-state index is 12.4. The van der Waals surface area contributed by atoms with Gasteiger partial charge in [0.05, 0.1) is 30.1 Å². The predicted molar refractivity (Wildman–Crippen MR) is 80.0 cm³/mol. The number of anilines is 1. The molecule has 0 radical (unpaired) electrons. The first-order valence-corrected chi connectivity index (χ1v) is 7.78. The maximum Gasteiger partial charge on any atom is 0.316 e. The molecule has 0 unspecified atom stereocenters. The van der Waals surface area contributed by atoms with Gasteiger partial charge >= 0.3 is 6.01 Å². The molecule has 0 aliphatic carbocycles. The van der Waals surface area contributed by atoms with Crippen LogP contribution in [0.4, 0.5) is 5.69 Å². The van der Waals surface area contributed by atoms with Crippen LogP contribution in [0.3, 0.4) is 0 Å². The summed E-state index contributed by atoms with van der Waals surface area (Å²) in [4.78, 5) is 7.99. The van der Waals surface area contributed by atoms with Gasteiger partial charge in [-0.15, -0.1) is 0 Å². The lowest BCUT2D eigenvalue weighted by atomic mass is 10.1. The van der Waals surface area contributed by atoms with Crippen LogP contribution in [-0.2, 0) is 10.0 Å². The lowest BCUT2D eigenvalue weighted by molar-refractivity contribution is 0.380. The molecule has 0 aliphatic rings. The molecule has 2 rings (SSSR count). The Morgan fingerprint density at radius 2 is 1.57 bits per heavy atom. The maximum atomic E-state index is 12.4. The van der Waals surface area contributed by atoms with Gasteiger partial charge in [-0.25, -0.2) is 18.4 Å². The third kappa shape index (κ3) is 3.30. The standard InChI is InChI=1S/C14H17N3O3S/c1-9-5-11(3)13(6-10(9)2)21(18,19)17-12-7-15-14(20-4)16-8-12/h5-8,17H,1-4H3. The van der Waals surface area contributed by atoms with Crippen molar-refractivity contribution in [3.8, 4) is 6.01 Å². The van der Waals surface area contributed by atoms with Gasteiger partial charge in [0.15, 0.2) is 0 Å². The summed E-state index contributed by atoms with van der Waals surface area (Å²) in [5, 5.41) is 0. The van der Waals surface area contributed by atoms with Crippen LogP contribution in [0.5, 0.6) is 6.01 Å². The van der Waals surface area contributed by atoms with E-state index in [0.29, 0.717) is 5.56 Å². The number of hydrogen-bond acceptors (Lipinski definition) is 5. The molecule has 0 saturated heterocycles. The van der Waals surface area contributed by atoms with E-state index < -0.39 is 10.0 Å². The zero-order chi connectivity index (χ0) is 15.6. The third-order valence-electron chi connectivity index (χ3n) is 3.14. The summed E-state index contributed by atoms with van der Waals surface area (Å²) in [5.74, 6) is 0. The molecule has 0 amide bonds. The molecule has 0 spiro atoms. The molecule has 1 heterocycles. The molecular formula is C14H17N3O3S. The molecule has 2 aromatic rings. The summed E-state index contributed by atoms with van der Waals surface area (Å²) in [6.07, 6.45) is 2.72. The summed E-state index contributed by atoms with van der Waals surface area (Å²) in [6.45, 7) is 5.60. The Morgan fingerprint density at radius 3 is 2.14 bits per heavy atom. The summed E-state index contributed by atoms with van der Waals surface area (Å²) in [5.41, 5.74) is 2.96. The highest BCUT2D eigenvalue weighted by molar-refractivity contribution is 7.92. The van der Waals surface area contributed by atoms with Gasteiger partial charge in [-0.3, -0.25) is 4.72 Å². The number of methoxy groups -OCH3 is 1. The first-order chi connectivity index (χ1) is 9.83. The number of aryl methyl sites for hydroxylation is 3. The fourth-order valence-electron chi connectivity index (χ4n) is 1.91. The first kappa shape index (κ1) is 15.2. The van der Waals surface area contributed by atoms with Crippen molar-refractivity contribution < 1.29 is 13.2 Å². The number of nitrogens with one attached hydrogen (secondary N) is 1. The SMILES string of the molecule is COc1ncc(NS(=O)(=O)c2cc(C)c(C)cc2C)cn1. The average molecular weight is 307 g/mol. The van der Waals surface area contributed by atoms with Crippen LogP contribution in [0.2, 0.25) is 0 Å². The first-order valence-electron chi connectivity index (χ1n) is 6.30. The van der Waals surface area contributed by atoms with Gasteiger partial charge in [0, 0.05) is 0 Å². The Hall–Kier alpha value is -2.15. The van der Waals surface area contributed by atoms with Crippen LogP contribution in [0.15, 0.2) is 29.4 Å². The van der Waals surface area contributed by atoms with Gasteiger partial charge in [0.2, 0.25) is 0 Å². The number of aromatic nitrogens is 2. The van der Waals surface area contributed by atoms with Gasteiger partial charge in [-0.1, -0.05) is 6.07 Å². The smallest absolute Gasteiger partial charge is 0.316 e. The minimum Gasteiger partial charge on any atom is -0.467 e. The summed E-state index contributed by atoms with van der Waals surface area (Å²) < 4.78 is 32.2. The molecule has 0 bridgehead atoms. The van der Waals surface area contributed by atoms with E-state index in [0.717, 1.165) is 11.1 Å². The number of benzene rings is 1. The van der Waals surface area contributed by atoms with Crippen molar-refractivity contribution in [2.24, 2.45) is 0 Å². The molecular weight excluding hydrogens is 290 g/mol. The Morgan fingerprint density at radius 1 is 1.00 bits per heavy atom.